The second-order valence-corrected chi connectivity index (χ2v) is 4.73. The zero-order valence-corrected chi connectivity index (χ0v) is 10.6. The van der Waals surface area contributed by atoms with Gasteiger partial charge >= 0.3 is 5.97 Å². The Labute approximate surface area is 104 Å². The lowest BCUT2D eigenvalue weighted by atomic mass is 10.2. The lowest BCUT2D eigenvalue weighted by Crippen LogP contribution is -2.52. The Hall–Kier alpha value is -0.790. The predicted molar refractivity (Wildman–Crippen MR) is 65.2 cm³/mol. The van der Waals surface area contributed by atoms with Gasteiger partial charge in [0.25, 0.3) is 5.91 Å². The molecule has 1 heterocycles. The van der Waals surface area contributed by atoms with Crippen LogP contribution in [0.3, 0.4) is 0 Å². The van der Waals surface area contributed by atoms with Gasteiger partial charge in [0.05, 0.1) is 6.61 Å². The summed E-state index contributed by atoms with van der Waals surface area (Å²) >= 11 is 1.55. The molecule has 17 heavy (non-hydrogen) atoms. The molecule has 1 unspecified atom stereocenters. The van der Waals surface area contributed by atoms with Crippen LogP contribution >= 0.6 is 11.8 Å². The van der Waals surface area contributed by atoms with Crippen LogP contribution in [0.4, 0.5) is 0 Å². The molecule has 1 aliphatic heterocycles. The summed E-state index contributed by atoms with van der Waals surface area (Å²) < 4.78 is 5.25. The van der Waals surface area contributed by atoms with Crippen molar-refractivity contribution < 1.29 is 19.4 Å². The first kappa shape index (κ1) is 14.3. The van der Waals surface area contributed by atoms with Gasteiger partial charge in [-0.25, -0.2) is 4.79 Å². The van der Waals surface area contributed by atoms with Gasteiger partial charge in [-0.05, 0) is 18.4 Å². The minimum Gasteiger partial charge on any atom is -0.480 e. The number of aliphatic carboxylic acids is 1. The molecule has 1 fully saturated rings. The van der Waals surface area contributed by atoms with Crippen LogP contribution < -0.4 is 10.6 Å². The van der Waals surface area contributed by atoms with Gasteiger partial charge in [0.15, 0.2) is 0 Å². The minimum absolute atomic E-state index is 0.356. The van der Waals surface area contributed by atoms with Crippen LogP contribution in [0, 0.1) is 0 Å². The summed E-state index contributed by atoms with van der Waals surface area (Å²) in [6.45, 7) is 1.62. The van der Waals surface area contributed by atoms with Crippen molar-refractivity contribution in [1.29, 1.82) is 0 Å². The summed E-state index contributed by atoms with van der Waals surface area (Å²) in [7, 11) is 0. The van der Waals surface area contributed by atoms with Crippen molar-refractivity contribution in [1.82, 2.24) is 10.6 Å². The summed E-state index contributed by atoms with van der Waals surface area (Å²) in [4.78, 5) is 22.7. The van der Waals surface area contributed by atoms with Crippen LogP contribution in [0.1, 0.15) is 6.42 Å². The molecule has 1 amide bonds. The Bertz CT molecular complexity index is 269. The van der Waals surface area contributed by atoms with Crippen molar-refractivity contribution in [3.05, 3.63) is 0 Å². The van der Waals surface area contributed by atoms with Gasteiger partial charge in [-0.2, -0.15) is 11.8 Å². The molecule has 1 saturated heterocycles. The van der Waals surface area contributed by atoms with Crippen molar-refractivity contribution in [2.75, 3.05) is 31.7 Å². The molecule has 0 aliphatic carbocycles. The number of carboxylic acid groups (broad SMARTS) is 1. The maximum atomic E-state index is 11.7. The zero-order chi connectivity index (χ0) is 12.7. The molecule has 0 bridgehead atoms. The standard InChI is InChI=1S/C10H18N2O4S/c1-17-5-2-7(10(14)15)12-9(13)8-6-11-3-4-16-8/h7-8,11H,2-6H2,1H3,(H,12,13)(H,14,15)/t7-,8?/m0/s1. The molecule has 7 heteroatoms. The summed E-state index contributed by atoms with van der Waals surface area (Å²) in [5.74, 6) is -0.664. The molecule has 0 aromatic rings. The molecule has 1 aliphatic rings. The highest BCUT2D eigenvalue weighted by molar-refractivity contribution is 7.98. The number of carbonyl (C=O) groups excluding carboxylic acids is 1. The van der Waals surface area contributed by atoms with Crippen LogP contribution in [0.2, 0.25) is 0 Å². The number of morpholine rings is 1. The van der Waals surface area contributed by atoms with E-state index < -0.39 is 18.1 Å². The quantitative estimate of drug-likeness (QED) is 0.586. The van der Waals surface area contributed by atoms with Crippen LogP contribution in [0.15, 0.2) is 0 Å². The lowest BCUT2D eigenvalue weighted by Gasteiger charge is -2.24. The Kier molecular flexibility index (Phi) is 6.31. The third-order valence-electron chi connectivity index (χ3n) is 2.45. The fourth-order valence-corrected chi connectivity index (χ4v) is 1.96. The highest BCUT2D eigenvalue weighted by Gasteiger charge is 2.26. The van der Waals surface area contributed by atoms with Gasteiger partial charge in [-0.15, -0.1) is 0 Å². The van der Waals surface area contributed by atoms with E-state index in [1.165, 1.54) is 0 Å². The number of ether oxygens (including phenoxy) is 1. The van der Waals surface area contributed by atoms with Gasteiger partial charge in [0.2, 0.25) is 0 Å². The third kappa shape index (κ3) is 4.93. The van der Waals surface area contributed by atoms with Gasteiger partial charge in [0.1, 0.15) is 12.1 Å². The summed E-state index contributed by atoms with van der Waals surface area (Å²) in [5, 5.41) is 14.5. The van der Waals surface area contributed by atoms with Gasteiger partial charge in [0, 0.05) is 13.1 Å². The number of hydrogen-bond acceptors (Lipinski definition) is 5. The number of carbonyl (C=O) groups is 2. The van der Waals surface area contributed by atoms with E-state index in [4.69, 9.17) is 9.84 Å². The van der Waals surface area contributed by atoms with Gasteiger partial charge in [-0.1, -0.05) is 0 Å². The van der Waals surface area contributed by atoms with Gasteiger partial charge in [-0.3, -0.25) is 4.79 Å². The second-order valence-electron chi connectivity index (χ2n) is 3.74. The van der Waals surface area contributed by atoms with Crippen LogP contribution in [-0.2, 0) is 14.3 Å². The first-order valence-electron chi connectivity index (χ1n) is 5.49. The van der Waals surface area contributed by atoms with Crippen LogP contribution in [-0.4, -0.2) is 60.8 Å². The summed E-state index contributed by atoms with van der Waals surface area (Å²) in [5.41, 5.74) is 0. The molecule has 3 N–H and O–H groups in total. The largest absolute Gasteiger partial charge is 0.480 e. The molecule has 0 spiro atoms. The molecule has 1 rings (SSSR count). The molecule has 0 saturated carbocycles. The van der Waals surface area contributed by atoms with Crippen LogP contribution in [0.25, 0.3) is 0 Å². The number of carboxylic acids is 1. The molecular formula is C10H18N2O4S. The van der Waals surface area contributed by atoms with E-state index in [1.807, 2.05) is 6.26 Å². The van der Waals surface area contributed by atoms with Gasteiger partial charge < -0.3 is 20.5 Å². The van der Waals surface area contributed by atoms with Crippen molar-refractivity contribution in [2.24, 2.45) is 0 Å². The minimum atomic E-state index is -1.00. The number of thioether (sulfide) groups is 1. The Morgan fingerprint density at radius 2 is 2.41 bits per heavy atom. The smallest absolute Gasteiger partial charge is 0.326 e. The van der Waals surface area contributed by atoms with Crippen molar-refractivity contribution in [3.63, 3.8) is 0 Å². The van der Waals surface area contributed by atoms with Crippen molar-refractivity contribution in [3.8, 4) is 0 Å². The lowest BCUT2D eigenvalue weighted by molar-refractivity contribution is -0.145. The second kappa shape index (κ2) is 7.52. The normalized spacial score (nSPS) is 21.8. The Morgan fingerprint density at radius 1 is 1.65 bits per heavy atom. The highest BCUT2D eigenvalue weighted by Crippen LogP contribution is 2.03. The number of hydrogen-bond donors (Lipinski definition) is 3. The molecule has 98 valence electrons. The van der Waals surface area contributed by atoms with Crippen molar-refractivity contribution in [2.45, 2.75) is 18.6 Å². The third-order valence-corrected chi connectivity index (χ3v) is 3.09. The average Bonchev–Trinajstić information content (AvgIpc) is 2.35. The maximum Gasteiger partial charge on any atom is 0.326 e. The fraction of sp³-hybridized carbons (Fsp3) is 0.800. The maximum absolute atomic E-state index is 11.7. The van der Waals surface area contributed by atoms with E-state index in [0.717, 1.165) is 6.54 Å². The number of amides is 1. The van der Waals surface area contributed by atoms with E-state index in [2.05, 4.69) is 10.6 Å². The molecule has 6 nitrogen and oxygen atoms in total. The highest BCUT2D eigenvalue weighted by atomic mass is 32.2. The molecule has 0 aromatic heterocycles. The SMILES string of the molecule is CSCC[C@H](NC(=O)C1CNCCO1)C(=O)O. The summed E-state index contributed by atoms with van der Waals surface area (Å²) in [6, 6.07) is -0.833. The monoisotopic (exact) mass is 262 g/mol. The Morgan fingerprint density at radius 3 is 2.94 bits per heavy atom. The predicted octanol–water partition coefficient (Wildman–Crippen LogP) is -0.703. The van der Waals surface area contributed by atoms with Crippen LogP contribution in [0.5, 0.6) is 0 Å². The first-order valence-corrected chi connectivity index (χ1v) is 6.89. The van der Waals surface area contributed by atoms with E-state index in [9.17, 15) is 9.59 Å². The topological polar surface area (TPSA) is 87.7 Å². The number of nitrogens with one attached hydrogen (secondary N) is 2. The molecular weight excluding hydrogens is 244 g/mol. The van der Waals surface area contributed by atoms with E-state index >= 15 is 0 Å². The molecule has 0 aromatic carbocycles. The number of rotatable bonds is 6. The average molecular weight is 262 g/mol. The van der Waals surface area contributed by atoms with E-state index in [-0.39, 0.29) is 5.91 Å². The Balaban J connectivity index is 2.42. The zero-order valence-electron chi connectivity index (χ0n) is 9.77. The molecule has 0 radical (unpaired) electrons. The van der Waals surface area contributed by atoms with E-state index in [0.29, 0.717) is 25.3 Å². The molecule has 2 atom stereocenters. The summed E-state index contributed by atoms with van der Waals surface area (Å²) in [6.07, 6.45) is 1.73. The fourth-order valence-electron chi connectivity index (χ4n) is 1.49. The van der Waals surface area contributed by atoms with Crippen molar-refractivity contribution >= 4 is 23.6 Å². The van der Waals surface area contributed by atoms with E-state index in [1.54, 1.807) is 11.8 Å². The first-order chi connectivity index (χ1) is 8.15.